The van der Waals surface area contributed by atoms with Crippen molar-refractivity contribution < 1.29 is 0 Å². The Balaban J connectivity index is 2.27. The summed E-state index contributed by atoms with van der Waals surface area (Å²) in [5, 5.41) is 3.71. The zero-order valence-electron chi connectivity index (χ0n) is 13.0. The molecule has 1 N–H and O–H groups in total. The Morgan fingerprint density at radius 3 is 2.28 bits per heavy atom. The summed E-state index contributed by atoms with van der Waals surface area (Å²) >= 11 is 0. The van der Waals surface area contributed by atoms with Crippen LogP contribution in [0.3, 0.4) is 0 Å². The second-order valence-corrected chi connectivity index (χ2v) is 6.32. The topological polar surface area (TPSA) is 15.3 Å². The van der Waals surface area contributed by atoms with Gasteiger partial charge in [-0.15, -0.1) is 0 Å². The number of likely N-dealkylation sites (tertiary alicyclic amines) is 1. The molecule has 1 heterocycles. The molecule has 1 atom stereocenters. The van der Waals surface area contributed by atoms with Crippen molar-refractivity contribution in [1.29, 1.82) is 0 Å². The quantitative estimate of drug-likeness (QED) is 0.713. The molecule has 1 rings (SSSR count). The SMILES string of the molecule is CCCNC(CCC)CN1CCC(C(C)C)CC1. The Morgan fingerprint density at radius 1 is 1.11 bits per heavy atom. The van der Waals surface area contributed by atoms with Crippen LogP contribution in [0.5, 0.6) is 0 Å². The van der Waals surface area contributed by atoms with Gasteiger partial charge < -0.3 is 10.2 Å². The number of hydrogen-bond acceptors (Lipinski definition) is 2. The van der Waals surface area contributed by atoms with Crippen molar-refractivity contribution in [2.75, 3.05) is 26.2 Å². The Labute approximate surface area is 115 Å². The van der Waals surface area contributed by atoms with Gasteiger partial charge in [-0.1, -0.05) is 34.1 Å². The van der Waals surface area contributed by atoms with Crippen LogP contribution in [0.4, 0.5) is 0 Å². The minimum absolute atomic E-state index is 0.713. The normalized spacial score (nSPS) is 20.5. The fourth-order valence-corrected chi connectivity index (χ4v) is 3.07. The Hall–Kier alpha value is -0.0800. The largest absolute Gasteiger partial charge is 0.313 e. The van der Waals surface area contributed by atoms with Gasteiger partial charge in [0.1, 0.15) is 0 Å². The lowest BCUT2D eigenvalue weighted by Crippen LogP contribution is -2.44. The predicted molar refractivity (Wildman–Crippen MR) is 81.0 cm³/mol. The third kappa shape index (κ3) is 5.71. The maximum absolute atomic E-state index is 3.71. The van der Waals surface area contributed by atoms with Crippen molar-refractivity contribution in [1.82, 2.24) is 10.2 Å². The van der Waals surface area contributed by atoms with Crippen molar-refractivity contribution in [3.05, 3.63) is 0 Å². The van der Waals surface area contributed by atoms with Crippen LogP contribution in [0.25, 0.3) is 0 Å². The van der Waals surface area contributed by atoms with Crippen LogP contribution in [0.2, 0.25) is 0 Å². The van der Waals surface area contributed by atoms with Crippen LogP contribution >= 0.6 is 0 Å². The van der Waals surface area contributed by atoms with Crippen molar-refractivity contribution >= 4 is 0 Å². The van der Waals surface area contributed by atoms with Gasteiger partial charge in [-0.25, -0.2) is 0 Å². The van der Waals surface area contributed by atoms with Crippen molar-refractivity contribution in [3.8, 4) is 0 Å². The molecule has 108 valence electrons. The first-order valence-corrected chi connectivity index (χ1v) is 8.13. The summed E-state index contributed by atoms with van der Waals surface area (Å²) in [6, 6.07) is 0.713. The van der Waals surface area contributed by atoms with Crippen LogP contribution in [0.15, 0.2) is 0 Å². The molecule has 1 fully saturated rings. The molecule has 2 nitrogen and oxygen atoms in total. The van der Waals surface area contributed by atoms with Crippen LogP contribution in [-0.4, -0.2) is 37.1 Å². The van der Waals surface area contributed by atoms with E-state index in [1.807, 2.05) is 0 Å². The van der Waals surface area contributed by atoms with Crippen LogP contribution in [-0.2, 0) is 0 Å². The lowest BCUT2D eigenvalue weighted by Gasteiger charge is -2.36. The number of hydrogen-bond donors (Lipinski definition) is 1. The van der Waals surface area contributed by atoms with Crippen molar-refractivity contribution in [3.63, 3.8) is 0 Å². The number of piperidine rings is 1. The van der Waals surface area contributed by atoms with E-state index in [2.05, 4.69) is 37.9 Å². The van der Waals surface area contributed by atoms with Gasteiger partial charge in [0.25, 0.3) is 0 Å². The van der Waals surface area contributed by atoms with E-state index in [1.165, 1.54) is 58.3 Å². The minimum Gasteiger partial charge on any atom is -0.313 e. The second kappa shape index (κ2) is 8.92. The van der Waals surface area contributed by atoms with E-state index in [0.29, 0.717) is 6.04 Å². The average molecular weight is 254 g/mol. The molecule has 1 saturated heterocycles. The summed E-state index contributed by atoms with van der Waals surface area (Å²) in [7, 11) is 0. The highest BCUT2D eigenvalue weighted by Crippen LogP contribution is 2.24. The third-order valence-corrected chi connectivity index (χ3v) is 4.37. The highest BCUT2D eigenvalue weighted by molar-refractivity contribution is 4.78. The van der Waals surface area contributed by atoms with Crippen LogP contribution in [0.1, 0.15) is 59.8 Å². The zero-order valence-corrected chi connectivity index (χ0v) is 13.0. The van der Waals surface area contributed by atoms with Gasteiger partial charge in [-0.05, 0) is 57.2 Å². The highest BCUT2D eigenvalue weighted by Gasteiger charge is 2.22. The molecule has 0 aromatic carbocycles. The smallest absolute Gasteiger partial charge is 0.0194 e. The second-order valence-electron chi connectivity index (χ2n) is 6.32. The van der Waals surface area contributed by atoms with E-state index in [0.717, 1.165) is 11.8 Å². The maximum atomic E-state index is 3.71. The molecule has 2 heteroatoms. The summed E-state index contributed by atoms with van der Waals surface area (Å²) in [5.74, 6) is 1.84. The van der Waals surface area contributed by atoms with Crippen LogP contribution < -0.4 is 5.32 Å². The van der Waals surface area contributed by atoms with Gasteiger partial charge in [-0.2, -0.15) is 0 Å². The van der Waals surface area contributed by atoms with Crippen molar-refractivity contribution in [2.45, 2.75) is 65.8 Å². The minimum atomic E-state index is 0.713. The first-order chi connectivity index (χ1) is 8.67. The molecule has 0 aromatic rings. The van der Waals surface area contributed by atoms with E-state index in [9.17, 15) is 0 Å². The summed E-state index contributed by atoms with van der Waals surface area (Å²) in [4.78, 5) is 2.68. The summed E-state index contributed by atoms with van der Waals surface area (Å²) in [6.45, 7) is 14.4. The van der Waals surface area contributed by atoms with E-state index < -0.39 is 0 Å². The first kappa shape index (κ1) is 16.0. The van der Waals surface area contributed by atoms with Crippen molar-refractivity contribution in [2.24, 2.45) is 11.8 Å². The fraction of sp³-hybridized carbons (Fsp3) is 1.00. The molecule has 0 saturated carbocycles. The summed E-state index contributed by atoms with van der Waals surface area (Å²) in [6.07, 6.45) is 6.68. The van der Waals surface area contributed by atoms with Crippen LogP contribution in [0, 0.1) is 11.8 Å². The lowest BCUT2D eigenvalue weighted by molar-refractivity contribution is 0.143. The van der Waals surface area contributed by atoms with Gasteiger partial charge in [0.15, 0.2) is 0 Å². The molecule has 0 radical (unpaired) electrons. The third-order valence-electron chi connectivity index (χ3n) is 4.37. The fourth-order valence-electron chi connectivity index (χ4n) is 3.07. The number of nitrogens with zero attached hydrogens (tertiary/aromatic N) is 1. The number of nitrogens with one attached hydrogen (secondary N) is 1. The van der Waals surface area contributed by atoms with E-state index in [4.69, 9.17) is 0 Å². The zero-order chi connectivity index (χ0) is 13.4. The molecule has 1 unspecified atom stereocenters. The molecule has 1 aliphatic heterocycles. The molecule has 0 aromatic heterocycles. The van der Waals surface area contributed by atoms with Gasteiger partial charge in [0.2, 0.25) is 0 Å². The summed E-state index contributed by atoms with van der Waals surface area (Å²) < 4.78 is 0. The monoisotopic (exact) mass is 254 g/mol. The Bertz CT molecular complexity index is 195. The Morgan fingerprint density at radius 2 is 1.78 bits per heavy atom. The van der Waals surface area contributed by atoms with Gasteiger partial charge in [0, 0.05) is 12.6 Å². The van der Waals surface area contributed by atoms with Gasteiger partial charge in [-0.3, -0.25) is 0 Å². The lowest BCUT2D eigenvalue weighted by atomic mass is 9.86. The average Bonchev–Trinajstić information content (AvgIpc) is 2.37. The van der Waals surface area contributed by atoms with Gasteiger partial charge in [0.05, 0.1) is 0 Å². The molecule has 18 heavy (non-hydrogen) atoms. The maximum Gasteiger partial charge on any atom is 0.0194 e. The highest BCUT2D eigenvalue weighted by atomic mass is 15.2. The van der Waals surface area contributed by atoms with E-state index in [1.54, 1.807) is 0 Å². The molecule has 0 bridgehead atoms. The number of rotatable bonds is 8. The summed E-state index contributed by atoms with van der Waals surface area (Å²) in [5.41, 5.74) is 0. The molecule has 0 aliphatic carbocycles. The Kier molecular flexibility index (Phi) is 7.92. The molecule has 1 aliphatic rings. The van der Waals surface area contributed by atoms with E-state index >= 15 is 0 Å². The standard InChI is InChI=1S/C16H34N2/c1-5-7-16(17-10-6-2)13-18-11-8-15(9-12-18)14(3)4/h14-17H,5-13H2,1-4H3. The molecular weight excluding hydrogens is 220 g/mol. The molecule has 0 amide bonds. The predicted octanol–water partition coefficient (Wildman–Crippen LogP) is 3.52. The molecular formula is C16H34N2. The molecule has 0 spiro atoms. The first-order valence-electron chi connectivity index (χ1n) is 8.13. The van der Waals surface area contributed by atoms with Gasteiger partial charge >= 0.3 is 0 Å². The van der Waals surface area contributed by atoms with E-state index in [-0.39, 0.29) is 0 Å².